The monoisotopic (exact) mass is 401 g/mol. The summed E-state index contributed by atoms with van der Waals surface area (Å²) in [6.45, 7) is 0.665. The predicted octanol–water partition coefficient (Wildman–Crippen LogP) is 3.40. The molecule has 0 aliphatic carbocycles. The number of pyridine rings is 1. The number of nitrogens with zero attached hydrogens (tertiary/aromatic N) is 6. The molecule has 1 aliphatic heterocycles. The Bertz CT molecular complexity index is 1300. The zero-order valence-corrected chi connectivity index (χ0v) is 15.7. The Morgan fingerprint density at radius 1 is 1.10 bits per heavy atom. The molecule has 0 radical (unpaired) electrons. The van der Waals surface area contributed by atoms with Crippen LogP contribution in [0.3, 0.4) is 0 Å². The van der Waals surface area contributed by atoms with Gasteiger partial charge in [-0.25, -0.2) is 13.9 Å². The van der Waals surface area contributed by atoms with Gasteiger partial charge < -0.3 is 14.3 Å². The summed E-state index contributed by atoms with van der Waals surface area (Å²) < 4.78 is 21.1. The van der Waals surface area contributed by atoms with Gasteiger partial charge in [-0.3, -0.25) is 0 Å². The van der Waals surface area contributed by atoms with Crippen LogP contribution in [0.1, 0.15) is 23.1 Å². The zero-order valence-electron chi connectivity index (χ0n) is 15.7. The SMILES string of the molecule is Fc1ccc(-c2nnc(N3CCc4[nH]cnc4[C@H]3c3cc4ccccn4n3)o2)cc1. The first-order valence-electron chi connectivity index (χ1n) is 9.59. The van der Waals surface area contributed by atoms with Crippen molar-refractivity contribution in [2.75, 3.05) is 11.4 Å². The van der Waals surface area contributed by atoms with Crippen molar-refractivity contribution in [2.45, 2.75) is 12.5 Å². The molecule has 1 aromatic carbocycles. The third-order valence-corrected chi connectivity index (χ3v) is 5.35. The van der Waals surface area contributed by atoms with Gasteiger partial charge >= 0.3 is 6.01 Å². The quantitative estimate of drug-likeness (QED) is 0.499. The number of aromatic amines is 1. The highest BCUT2D eigenvalue weighted by molar-refractivity contribution is 5.55. The van der Waals surface area contributed by atoms with Gasteiger partial charge in [0.05, 0.1) is 23.2 Å². The number of anilines is 1. The number of fused-ring (bicyclic) bond motifs is 2. The van der Waals surface area contributed by atoms with E-state index in [0.717, 1.165) is 29.0 Å². The lowest BCUT2D eigenvalue weighted by Crippen LogP contribution is -2.36. The molecule has 8 nitrogen and oxygen atoms in total. The summed E-state index contributed by atoms with van der Waals surface area (Å²) in [6.07, 6.45) is 4.39. The molecule has 0 unspecified atom stereocenters. The molecule has 5 aromatic rings. The van der Waals surface area contributed by atoms with Crippen LogP contribution in [0.5, 0.6) is 0 Å². The van der Waals surface area contributed by atoms with Crippen LogP contribution in [0, 0.1) is 5.82 Å². The van der Waals surface area contributed by atoms with Crippen LogP contribution in [-0.4, -0.2) is 36.3 Å². The standard InChI is InChI=1S/C21H16FN7O/c22-14-6-4-13(5-7-14)20-25-26-21(30-20)28-10-8-16-18(24-12-23-16)19(28)17-11-15-3-1-2-9-29(15)27-17/h1-7,9,11-12,19H,8,10H2,(H,23,24)/t19-/m1/s1. The van der Waals surface area contributed by atoms with Crippen molar-refractivity contribution in [3.05, 3.63) is 84.0 Å². The highest BCUT2D eigenvalue weighted by Crippen LogP contribution is 2.37. The van der Waals surface area contributed by atoms with E-state index in [-0.39, 0.29) is 11.9 Å². The molecule has 0 fully saturated rings. The van der Waals surface area contributed by atoms with E-state index in [2.05, 4.69) is 20.2 Å². The highest BCUT2D eigenvalue weighted by atomic mass is 19.1. The maximum atomic E-state index is 13.2. The normalized spacial score (nSPS) is 16.2. The van der Waals surface area contributed by atoms with E-state index in [9.17, 15) is 4.39 Å². The van der Waals surface area contributed by atoms with Crippen LogP contribution >= 0.6 is 0 Å². The minimum absolute atomic E-state index is 0.263. The Labute approximate surface area is 170 Å². The van der Waals surface area contributed by atoms with Gasteiger partial charge in [0.1, 0.15) is 11.9 Å². The number of aromatic nitrogens is 6. The molecule has 0 saturated carbocycles. The summed E-state index contributed by atoms with van der Waals surface area (Å²) in [7, 11) is 0. The van der Waals surface area contributed by atoms with E-state index < -0.39 is 0 Å². The van der Waals surface area contributed by atoms with E-state index in [4.69, 9.17) is 9.52 Å². The van der Waals surface area contributed by atoms with Crippen molar-refractivity contribution < 1.29 is 8.81 Å². The molecule has 0 bridgehead atoms. The second kappa shape index (κ2) is 6.51. The third-order valence-electron chi connectivity index (χ3n) is 5.35. The summed E-state index contributed by atoms with van der Waals surface area (Å²) in [5.74, 6) is 0.0269. The lowest BCUT2D eigenvalue weighted by atomic mass is 10.0. The summed E-state index contributed by atoms with van der Waals surface area (Å²) in [5.41, 5.74) is 4.47. The first-order valence-corrected chi connectivity index (χ1v) is 9.59. The topological polar surface area (TPSA) is 88.1 Å². The summed E-state index contributed by atoms with van der Waals surface area (Å²) in [4.78, 5) is 9.80. The molecule has 6 rings (SSSR count). The lowest BCUT2D eigenvalue weighted by Gasteiger charge is -2.32. The maximum Gasteiger partial charge on any atom is 0.319 e. The van der Waals surface area contributed by atoms with Gasteiger partial charge in [0.15, 0.2) is 0 Å². The molecule has 0 saturated heterocycles. The Kier molecular flexibility index (Phi) is 3.67. The number of H-pyrrole nitrogens is 1. The van der Waals surface area contributed by atoms with Crippen LogP contribution in [0.25, 0.3) is 17.0 Å². The predicted molar refractivity (Wildman–Crippen MR) is 106 cm³/mol. The molecular weight excluding hydrogens is 385 g/mol. The fraction of sp³-hybridized carbons (Fsp3) is 0.143. The van der Waals surface area contributed by atoms with E-state index in [0.29, 0.717) is 24.0 Å². The first-order chi connectivity index (χ1) is 14.8. The largest absolute Gasteiger partial charge is 0.403 e. The van der Waals surface area contributed by atoms with Gasteiger partial charge in [-0.05, 0) is 42.5 Å². The van der Waals surface area contributed by atoms with Gasteiger partial charge in [0.25, 0.3) is 0 Å². The van der Waals surface area contributed by atoms with Crippen LogP contribution in [0.2, 0.25) is 0 Å². The number of halogens is 1. The molecule has 0 amide bonds. The molecule has 0 spiro atoms. The number of rotatable bonds is 3. The van der Waals surface area contributed by atoms with E-state index in [1.165, 1.54) is 12.1 Å². The number of nitrogens with one attached hydrogen (secondary N) is 1. The van der Waals surface area contributed by atoms with Crippen molar-refractivity contribution in [3.8, 4) is 11.5 Å². The van der Waals surface area contributed by atoms with E-state index in [1.54, 1.807) is 18.5 Å². The van der Waals surface area contributed by atoms with Gasteiger partial charge in [-0.1, -0.05) is 11.2 Å². The Balaban J connectivity index is 1.43. The molecule has 1 atom stereocenters. The van der Waals surface area contributed by atoms with E-state index in [1.807, 2.05) is 39.9 Å². The molecule has 9 heteroatoms. The number of hydrogen-bond donors (Lipinski definition) is 1. The third kappa shape index (κ3) is 2.66. The Hall–Kier alpha value is -4.01. The second-order valence-corrected chi connectivity index (χ2v) is 7.15. The fourth-order valence-electron chi connectivity index (χ4n) is 3.91. The molecule has 1 aliphatic rings. The van der Waals surface area contributed by atoms with Gasteiger partial charge in [-0.15, -0.1) is 5.10 Å². The van der Waals surface area contributed by atoms with E-state index >= 15 is 0 Å². The molecule has 1 N–H and O–H groups in total. The van der Waals surface area contributed by atoms with Crippen LogP contribution in [0.4, 0.5) is 10.4 Å². The molecule has 4 aromatic heterocycles. The molecular formula is C21H16FN7O. The van der Waals surface area contributed by atoms with Crippen LogP contribution in [0.15, 0.2) is 65.5 Å². The molecule has 30 heavy (non-hydrogen) atoms. The maximum absolute atomic E-state index is 13.2. The number of hydrogen-bond acceptors (Lipinski definition) is 6. The summed E-state index contributed by atoms with van der Waals surface area (Å²) >= 11 is 0. The summed E-state index contributed by atoms with van der Waals surface area (Å²) in [6, 6.07) is 14.1. The zero-order chi connectivity index (χ0) is 20.1. The number of imidazole rings is 1. The van der Waals surface area contributed by atoms with Gasteiger partial charge in [0, 0.05) is 30.4 Å². The van der Waals surface area contributed by atoms with Gasteiger partial charge in [-0.2, -0.15) is 5.10 Å². The average Bonchev–Trinajstić information content (AvgIpc) is 3.51. The van der Waals surface area contributed by atoms with Crippen LogP contribution in [-0.2, 0) is 6.42 Å². The second-order valence-electron chi connectivity index (χ2n) is 7.15. The fourth-order valence-corrected chi connectivity index (χ4v) is 3.91. The Morgan fingerprint density at radius 2 is 2.00 bits per heavy atom. The smallest absolute Gasteiger partial charge is 0.319 e. The molecule has 5 heterocycles. The first kappa shape index (κ1) is 16.9. The highest BCUT2D eigenvalue weighted by Gasteiger charge is 2.35. The minimum Gasteiger partial charge on any atom is -0.403 e. The molecule has 148 valence electrons. The minimum atomic E-state index is -0.313. The number of benzene rings is 1. The van der Waals surface area contributed by atoms with Gasteiger partial charge in [0.2, 0.25) is 5.89 Å². The van der Waals surface area contributed by atoms with Crippen LogP contribution < -0.4 is 4.90 Å². The average molecular weight is 401 g/mol. The lowest BCUT2D eigenvalue weighted by molar-refractivity contribution is 0.503. The van der Waals surface area contributed by atoms with Crippen molar-refractivity contribution in [3.63, 3.8) is 0 Å². The van der Waals surface area contributed by atoms with Crippen molar-refractivity contribution in [1.82, 2.24) is 29.8 Å². The van der Waals surface area contributed by atoms with Crippen molar-refractivity contribution in [2.24, 2.45) is 0 Å². The summed E-state index contributed by atoms with van der Waals surface area (Å²) in [5, 5.41) is 13.2. The van der Waals surface area contributed by atoms with Crippen molar-refractivity contribution in [1.29, 1.82) is 0 Å². The Morgan fingerprint density at radius 3 is 2.87 bits per heavy atom. The van der Waals surface area contributed by atoms with Crippen molar-refractivity contribution >= 4 is 11.5 Å².